The highest BCUT2D eigenvalue weighted by Crippen LogP contribution is 2.28. The van der Waals surface area contributed by atoms with Gasteiger partial charge in [-0.1, -0.05) is 6.42 Å². The summed E-state index contributed by atoms with van der Waals surface area (Å²) in [7, 11) is 2.10. The number of fused-ring (bicyclic) bond motifs is 1. The highest BCUT2D eigenvalue weighted by atomic mass is 79.9. The Morgan fingerprint density at radius 3 is 2.89 bits per heavy atom. The maximum atomic E-state index is 5.66. The van der Waals surface area contributed by atoms with Gasteiger partial charge in [0.1, 0.15) is 10.4 Å². The number of anilines is 1. The summed E-state index contributed by atoms with van der Waals surface area (Å²) in [5.41, 5.74) is 7.33. The molecular formula is C13H18BrN5. The van der Waals surface area contributed by atoms with Crippen molar-refractivity contribution in [3.63, 3.8) is 0 Å². The molecule has 6 heteroatoms. The summed E-state index contributed by atoms with van der Waals surface area (Å²) in [6.45, 7) is 1.49. The molecule has 0 atom stereocenters. The fourth-order valence-electron chi connectivity index (χ4n) is 2.43. The molecule has 2 heterocycles. The van der Waals surface area contributed by atoms with Gasteiger partial charge in [-0.15, -0.1) is 5.10 Å². The predicted octanol–water partition coefficient (Wildman–Crippen LogP) is 2.19. The Labute approximate surface area is 120 Å². The van der Waals surface area contributed by atoms with Crippen molar-refractivity contribution in [3.05, 3.63) is 22.4 Å². The van der Waals surface area contributed by atoms with Crippen LogP contribution in [0.1, 0.15) is 25.0 Å². The van der Waals surface area contributed by atoms with E-state index < -0.39 is 0 Å². The normalized spacial score (nSPS) is 15.7. The van der Waals surface area contributed by atoms with E-state index in [0.29, 0.717) is 6.54 Å². The van der Waals surface area contributed by atoms with Gasteiger partial charge in [-0.2, -0.15) is 0 Å². The predicted molar refractivity (Wildman–Crippen MR) is 79.2 cm³/mol. The Bertz CT molecular complexity index is 590. The molecule has 1 fully saturated rings. The quantitative estimate of drug-likeness (QED) is 0.937. The number of aromatic nitrogens is 3. The van der Waals surface area contributed by atoms with Crippen molar-refractivity contribution in [2.45, 2.75) is 25.8 Å². The number of halogens is 1. The minimum absolute atomic E-state index is 0.414. The molecule has 0 radical (unpaired) electrons. The van der Waals surface area contributed by atoms with Crippen LogP contribution in [0, 0.1) is 5.92 Å². The molecule has 2 N–H and O–H groups in total. The van der Waals surface area contributed by atoms with Crippen LogP contribution in [-0.2, 0) is 6.54 Å². The van der Waals surface area contributed by atoms with Crippen LogP contribution in [0.5, 0.6) is 0 Å². The van der Waals surface area contributed by atoms with Crippen LogP contribution in [0.3, 0.4) is 0 Å². The second-order valence-corrected chi connectivity index (χ2v) is 5.94. The summed E-state index contributed by atoms with van der Waals surface area (Å²) in [6, 6.07) is 4.01. The van der Waals surface area contributed by atoms with Crippen molar-refractivity contribution in [3.8, 4) is 0 Å². The number of hydrogen-bond acceptors (Lipinski definition) is 4. The second kappa shape index (κ2) is 5.09. The van der Waals surface area contributed by atoms with Crippen molar-refractivity contribution < 1.29 is 0 Å². The number of hydrogen-bond donors (Lipinski definition) is 1. The molecule has 0 aromatic carbocycles. The van der Waals surface area contributed by atoms with Gasteiger partial charge in [0.15, 0.2) is 5.65 Å². The molecule has 0 spiro atoms. The molecule has 1 aliphatic carbocycles. The first-order chi connectivity index (χ1) is 9.19. The Morgan fingerprint density at radius 1 is 1.47 bits per heavy atom. The Kier molecular flexibility index (Phi) is 3.45. The third-order valence-corrected chi connectivity index (χ3v) is 4.61. The summed E-state index contributed by atoms with van der Waals surface area (Å²) in [6.07, 6.45) is 4.06. The van der Waals surface area contributed by atoms with Gasteiger partial charge in [-0.25, -0.2) is 9.50 Å². The molecule has 19 heavy (non-hydrogen) atoms. The smallest absolute Gasteiger partial charge is 0.155 e. The van der Waals surface area contributed by atoms with Crippen molar-refractivity contribution in [2.24, 2.45) is 11.7 Å². The van der Waals surface area contributed by atoms with Gasteiger partial charge in [0.05, 0.1) is 5.69 Å². The van der Waals surface area contributed by atoms with E-state index in [-0.39, 0.29) is 0 Å². The van der Waals surface area contributed by atoms with E-state index in [1.54, 1.807) is 0 Å². The lowest BCUT2D eigenvalue weighted by Crippen LogP contribution is -2.30. The molecular weight excluding hydrogens is 306 g/mol. The molecule has 1 saturated carbocycles. The zero-order valence-electron chi connectivity index (χ0n) is 11.0. The van der Waals surface area contributed by atoms with Crippen molar-refractivity contribution in [1.82, 2.24) is 14.6 Å². The molecule has 0 amide bonds. The average molecular weight is 324 g/mol. The van der Waals surface area contributed by atoms with E-state index in [9.17, 15) is 0 Å². The molecule has 1 aliphatic rings. The summed E-state index contributed by atoms with van der Waals surface area (Å²) >= 11 is 3.51. The van der Waals surface area contributed by atoms with Crippen LogP contribution >= 0.6 is 15.9 Å². The summed E-state index contributed by atoms with van der Waals surface area (Å²) < 4.78 is 2.67. The summed E-state index contributed by atoms with van der Waals surface area (Å²) in [5.74, 6) is 1.80. The average Bonchev–Trinajstić information content (AvgIpc) is 2.70. The van der Waals surface area contributed by atoms with Crippen LogP contribution < -0.4 is 10.6 Å². The van der Waals surface area contributed by atoms with Gasteiger partial charge < -0.3 is 10.6 Å². The van der Waals surface area contributed by atoms with Gasteiger partial charge in [-0.3, -0.25) is 0 Å². The van der Waals surface area contributed by atoms with E-state index in [1.807, 2.05) is 16.6 Å². The summed E-state index contributed by atoms with van der Waals surface area (Å²) in [5, 5.41) is 4.63. The number of imidazole rings is 1. The van der Waals surface area contributed by atoms with E-state index in [0.717, 1.165) is 34.2 Å². The third kappa shape index (κ3) is 2.34. The number of nitrogens with zero attached hydrogens (tertiary/aromatic N) is 4. The fourth-order valence-corrected chi connectivity index (χ4v) is 2.94. The van der Waals surface area contributed by atoms with Gasteiger partial charge in [0.25, 0.3) is 0 Å². The Morgan fingerprint density at radius 2 is 2.26 bits per heavy atom. The number of nitrogens with two attached hydrogens (primary N) is 1. The lowest BCUT2D eigenvalue weighted by molar-refractivity contribution is 0.321. The maximum absolute atomic E-state index is 5.66. The molecule has 2 aromatic rings. The van der Waals surface area contributed by atoms with Crippen molar-refractivity contribution in [2.75, 3.05) is 18.5 Å². The van der Waals surface area contributed by atoms with Crippen molar-refractivity contribution in [1.29, 1.82) is 0 Å². The van der Waals surface area contributed by atoms with Crippen LogP contribution in [0.2, 0.25) is 0 Å². The second-order valence-electron chi connectivity index (χ2n) is 5.19. The van der Waals surface area contributed by atoms with Crippen LogP contribution in [-0.4, -0.2) is 28.2 Å². The van der Waals surface area contributed by atoms with Crippen LogP contribution in [0.15, 0.2) is 16.7 Å². The monoisotopic (exact) mass is 323 g/mol. The number of rotatable bonds is 4. The standard InChI is InChI=1S/C13H18BrN5/c1-18(8-9-3-2-4-9)12-6-5-11-16-10(7-15)13(14)19(11)17-12/h5-6,9H,2-4,7-8,15H2,1H3. The lowest BCUT2D eigenvalue weighted by Gasteiger charge is -2.30. The molecule has 0 aliphatic heterocycles. The van der Waals surface area contributed by atoms with Gasteiger partial charge >= 0.3 is 0 Å². The molecule has 2 aromatic heterocycles. The first kappa shape index (κ1) is 12.9. The van der Waals surface area contributed by atoms with E-state index in [4.69, 9.17) is 5.73 Å². The van der Waals surface area contributed by atoms with Gasteiger partial charge in [0, 0.05) is 20.1 Å². The zero-order chi connectivity index (χ0) is 13.4. The first-order valence-corrected chi connectivity index (χ1v) is 7.43. The Hall–Kier alpha value is -1.14. The van der Waals surface area contributed by atoms with Crippen LogP contribution in [0.4, 0.5) is 5.82 Å². The molecule has 102 valence electrons. The minimum atomic E-state index is 0.414. The molecule has 0 bridgehead atoms. The topological polar surface area (TPSA) is 59.5 Å². The minimum Gasteiger partial charge on any atom is -0.358 e. The summed E-state index contributed by atoms with van der Waals surface area (Å²) in [4.78, 5) is 6.65. The molecule has 5 nitrogen and oxygen atoms in total. The highest BCUT2D eigenvalue weighted by molar-refractivity contribution is 9.10. The van der Waals surface area contributed by atoms with E-state index in [1.165, 1.54) is 19.3 Å². The molecule has 0 saturated heterocycles. The van der Waals surface area contributed by atoms with Crippen LogP contribution in [0.25, 0.3) is 5.65 Å². The van der Waals surface area contributed by atoms with E-state index in [2.05, 4.69) is 38.0 Å². The molecule has 0 unspecified atom stereocenters. The SMILES string of the molecule is CN(CC1CCC1)c1ccc2nc(CN)c(Br)n2n1. The highest BCUT2D eigenvalue weighted by Gasteiger charge is 2.20. The lowest BCUT2D eigenvalue weighted by atomic mass is 9.85. The fraction of sp³-hybridized carbons (Fsp3) is 0.538. The largest absolute Gasteiger partial charge is 0.358 e. The Balaban J connectivity index is 1.89. The first-order valence-electron chi connectivity index (χ1n) is 6.64. The van der Waals surface area contributed by atoms with E-state index >= 15 is 0 Å². The maximum Gasteiger partial charge on any atom is 0.155 e. The zero-order valence-corrected chi connectivity index (χ0v) is 12.6. The third-order valence-electron chi connectivity index (χ3n) is 3.82. The van der Waals surface area contributed by atoms with Gasteiger partial charge in [-0.05, 0) is 46.8 Å². The van der Waals surface area contributed by atoms with Crippen molar-refractivity contribution >= 4 is 27.4 Å². The molecule has 3 rings (SSSR count). The van der Waals surface area contributed by atoms with Gasteiger partial charge in [0.2, 0.25) is 0 Å².